The minimum absolute atomic E-state index is 0.420. The summed E-state index contributed by atoms with van der Waals surface area (Å²) in [4.78, 5) is 28.5. The highest BCUT2D eigenvalue weighted by molar-refractivity contribution is 8.07. The molecule has 0 saturated carbocycles. The van der Waals surface area contributed by atoms with Gasteiger partial charge < -0.3 is 44.1 Å². The maximum atomic E-state index is 11.2. The average Bonchev–Trinajstić information content (AvgIpc) is 3.48. The van der Waals surface area contributed by atoms with E-state index in [2.05, 4.69) is 15.3 Å². The SMILES string of the molecule is C[C@@H]1O[C@H](COP(O)(=S)O[C@H]2[C@@H](O)[C@H](n3cc4c5c(ncnc53)NCCCC4)O[C@@H]2CO)[C@@H](O)[C@H]1O[P+](=O)O. The van der Waals surface area contributed by atoms with Crippen LogP contribution in [0.1, 0.15) is 31.6 Å². The van der Waals surface area contributed by atoms with Crippen molar-refractivity contribution in [3.63, 3.8) is 0 Å². The molecule has 6 N–H and O–H groups in total. The molecule has 2 unspecified atom stereocenters. The summed E-state index contributed by atoms with van der Waals surface area (Å²) in [6.45, 7) is -2.69. The molecule has 39 heavy (non-hydrogen) atoms. The van der Waals surface area contributed by atoms with Gasteiger partial charge in [-0.05, 0) is 43.6 Å². The number of ether oxygens (including phenoxy) is 2. The Hall–Kier alpha value is -1.23. The van der Waals surface area contributed by atoms with Crippen molar-refractivity contribution in [1.82, 2.24) is 14.5 Å². The maximum absolute atomic E-state index is 11.2. The van der Waals surface area contributed by atoms with Crippen LogP contribution in [0.15, 0.2) is 12.5 Å². The summed E-state index contributed by atoms with van der Waals surface area (Å²) < 4.78 is 39.9. The van der Waals surface area contributed by atoms with E-state index in [4.69, 9.17) is 39.7 Å². The summed E-state index contributed by atoms with van der Waals surface area (Å²) in [5, 5.41) is 35.7. The lowest BCUT2D eigenvalue weighted by Gasteiger charge is -2.26. The van der Waals surface area contributed by atoms with Crippen LogP contribution in [0.2, 0.25) is 0 Å². The first-order valence-electron chi connectivity index (χ1n) is 12.4. The number of nitrogens with one attached hydrogen (secondary N) is 1. The molecule has 0 aromatic carbocycles. The molecule has 10 atom stereocenters. The van der Waals surface area contributed by atoms with Crippen molar-refractivity contribution in [2.75, 3.05) is 25.1 Å². The van der Waals surface area contributed by atoms with Crippen LogP contribution in [-0.2, 0) is 45.8 Å². The van der Waals surface area contributed by atoms with Crippen molar-refractivity contribution in [3.05, 3.63) is 18.1 Å². The summed E-state index contributed by atoms with van der Waals surface area (Å²) in [6.07, 6.45) is -2.89. The zero-order valence-corrected chi connectivity index (χ0v) is 23.5. The first-order valence-corrected chi connectivity index (χ1v) is 16.2. The molecule has 15 nitrogen and oxygen atoms in total. The fourth-order valence-electron chi connectivity index (χ4n) is 5.22. The third-order valence-corrected chi connectivity index (χ3v) is 9.04. The number of aryl methyl sites for hydroxylation is 1. The third kappa shape index (κ3) is 6.04. The molecule has 2 aromatic rings. The largest absolute Gasteiger partial charge is 0.695 e. The Labute approximate surface area is 229 Å². The lowest BCUT2D eigenvalue weighted by atomic mass is 10.1. The van der Waals surface area contributed by atoms with E-state index in [-0.39, 0.29) is 0 Å². The molecule has 2 aromatic heterocycles. The first-order chi connectivity index (χ1) is 18.6. The molecule has 2 saturated heterocycles. The van der Waals surface area contributed by atoms with Crippen LogP contribution >= 0.6 is 15.0 Å². The molecule has 0 aliphatic carbocycles. The van der Waals surface area contributed by atoms with Gasteiger partial charge in [0, 0.05) is 17.3 Å². The summed E-state index contributed by atoms with van der Waals surface area (Å²) in [5.74, 6) is 0.691. The number of hydrogen-bond acceptors (Lipinski definition) is 13. The van der Waals surface area contributed by atoms with Crippen molar-refractivity contribution >= 4 is 43.6 Å². The van der Waals surface area contributed by atoms with Crippen LogP contribution in [0.5, 0.6) is 0 Å². The van der Waals surface area contributed by atoms with Gasteiger partial charge in [0.05, 0.1) is 24.7 Å². The minimum atomic E-state index is -4.05. The quantitative estimate of drug-likeness (QED) is 0.210. The molecule has 0 radical (unpaired) electrons. The highest BCUT2D eigenvalue weighted by Crippen LogP contribution is 2.50. The molecule has 18 heteroatoms. The maximum Gasteiger partial charge on any atom is 0.695 e. The molecule has 0 amide bonds. The number of rotatable bonds is 9. The van der Waals surface area contributed by atoms with Crippen LogP contribution in [0, 0.1) is 0 Å². The monoisotopic (exact) mass is 609 g/mol. The van der Waals surface area contributed by atoms with Crippen molar-refractivity contribution < 1.29 is 52.7 Å². The molecule has 0 bridgehead atoms. The van der Waals surface area contributed by atoms with Crippen LogP contribution < -0.4 is 5.32 Å². The number of aliphatic hydroxyl groups is 3. The molecular weight excluding hydrogens is 578 g/mol. The number of anilines is 1. The molecule has 5 rings (SSSR count). The molecule has 3 aliphatic rings. The zero-order valence-electron chi connectivity index (χ0n) is 20.8. The number of nitrogens with zero attached hydrogens (tertiary/aromatic N) is 3. The van der Waals surface area contributed by atoms with Crippen LogP contribution in [0.25, 0.3) is 11.0 Å². The Morgan fingerprint density at radius 3 is 2.77 bits per heavy atom. The molecule has 5 heterocycles. The van der Waals surface area contributed by atoms with E-state index >= 15 is 0 Å². The van der Waals surface area contributed by atoms with Gasteiger partial charge in [0.15, 0.2) is 12.3 Å². The number of aromatic nitrogens is 3. The predicted octanol–water partition coefficient (Wildman–Crippen LogP) is 0.232. The number of hydrogen-bond donors (Lipinski definition) is 6. The van der Waals surface area contributed by atoms with Gasteiger partial charge in [-0.3, -0.25) is 4.52 Å². The van der Waals surface area contributed by atoms with Crippen LogP contribution in [0.3, 0.4) is 0 Å². The van der Waals surface area contributed by atoms with E-state index in [1.54, 1.807) is 11.5 Å². The van der Waals surface area contributed by atoms with E-state index in [9.17, 15) is 24.8 Å². The van der Waals surface area contributed by atoms with E-state index in [1.807, 2.05) is 6.20 Å². The fraction of sp³-hybridized carbons (Fsp3) is 0.714. The summed E-state index contributed by atoms with van der Waals surface area (Å²) in [5.41, 5.74) is 1.52. The average molecular weight is 610 g/mol. The summed E-state index contributed by atoms with van der Waals surface area (Å²) in [6, 6.07) is 0. The van der Waals surface area contributed by atoms with E-state index in [1.165, 1.54) is 6.33 Å². The van der Waals surface area contributed by atoms with E-state index in [0.29, 0.717) is 11.5 Å². The second kappa shape index (κ2) is 11.9. The lowest BCUT2D eigenvalue weighted by Crippen LogP contribution is -2.36. The Kier molecular flexibility index (Phi) is 8.96. The molecule has 0 spiro atoms. The normalized spacial score (nSPS) is 34.9. The Morgan fingerprint density at radius 1 is 1.23 bits per heavy atom. The van der Waals surface area contributed by atoms with E-state index in [0.717, 1.165) is 36.8 Å². The summed E-state index contributed by atoms with van der Waals surface area (Å²) >= 11 is 5.13. The Morgan fingerprint density at radius 2 is 2.03 bits per heavy atom. The van der Waals surface area contributed by atoms with Gasteiger partial charge in [0.25, 0.3) is 0 Å². The number of aliphatic hydroxyl groups excluding tert-OH is 3. The Bertz CT molecular complexity index is 1250. The van der Waals surface area contributed by atoms with Gasteiger partial charge in [-0.25, -0.2) is 9.97 Å². The van der Waals surface area contributed by atoms with Gasteiger partial charge in [-0.1, -0.05) is 0 Å². The van der Waals surface area contributed by atoms with Crippen molar-refractivity contribution in [3.8, 4) is 0 Å². The van der Waals surface area contributed by atoms with Gasteiger partial charge in [0.2, 0.25) is 0 Å². The van der Waals surface area contributed by atoms with Gasteiger partial charge in [0.1, 0.15) is 48.3 Å². The summed E-state index contributed by atoms with van der Waals surface area (Å²) in [7, 11) is -2.97. The standard InChI is InChI=1S/C21H30N4O11P2S/c1-10-17(35-37(29)30)15(27)13(33-10)8-32-38(31,39)36-18-12(7-26)34-21(16(18)28)25-6-11-4-2-3-5-22-19-14(11)20(25)24-9-23-19/h6,9-10,12-13,15-18,21,26-28H,2-5,7-8H2,1H3,(H2-,22,23,24,29,30,31,39)/p+1/t10-,12+,13+,15+,16+,17-,18+,21+,38?/m0/s1. The highest BCUT2D eigenvalue weighted by atomic mass is 32.5. The lowest BCUT2D eigenvalue weighted by molar-refractivity contribution is -0.0510. The predicted molar refractivity (Wildman–Crippen MR) is 138 cm³/mol. The van der Waals surface area contributed by atoms with Gasteiger partial charge >= 0.3 is 15.0 Å². The second-order valence-corrected chi connectivity index (χ2v) is 13.1. The minimum Gasteiger partial charge on any atom is -0.394 e. The topological polar surface area (TPSA) is 207 Å². The zero-order chi connectivity index (χ0) is 27.9. The second-order valence-electron chi connectivity index (χ2n) is 9.62. The highest BCUT2D eigenvalue weighted by Gasteiger charge is 2.50. The van der Waals surface area contributed by atoms with Crippen molar-refractivity contribution in [2.24, 2.45) is 0 Å². The molecule has 2 fully saturated rings. The fourth-order valence-corrected chi connectivity index (χ4v) is 7.17. The third-order valence-electron chi connectivity index (χ3n) is 7.06. The molecule has 3 aliphatic heterocycles. The first kappa shape index (κ1) is 29.3. The van der Waals surface area contributed by atoms with Crippen molar-refractivity contribution in [1.29, 1.82) is 0 Å². The van der Waals surface area contributed by atoms with Crippen LogP contribution in [-0.4, -0.2) is 102 Å². The van der Waals surface area contributed by atoms with Crippen molar-refractivity contribution in [2.45, 2.75) is 75.1 Å². The molecular formula is C21H31N4O11P2S+. The van der Waals surface area contributed by atoms with Crippen LogP contribution in [0.4, 0.5) is 5.82 Å². The van der Waals surface area contributed by atoms with Gasteiger partial charge in [-0.2, -0.15) is 0 Å². The molecule has 216 valence electrons. The Balaban J connectivity index is 1.30. The smallest absolute Gasteiger partial charge is 0.394 e. The van der Waals surface area contributed by atoms with Gasteiger partial charge in [-0.15, -0.1) is 9.42 Å². The van der Waals surface area contributed by atoms with E-state index < -0.39 is 77.1 Å².